The molecule has 0 spiro atoms. The molecule has 0 radical (unpaired) electrons. The van der Waals surface area contributed by atoms with Crippen molar-refractivity contribution >= 4 is 5.97 Å². The highest BCUT2D eigenvalue weighted by atomic mass is 19.2. The van der Waals surface area contributed by atoms with E-state index in [2.05, 4.69) is 9.47 Å². The number of rotatable bonds is 6. The topological polar surface area (TPSA) is 35.5 Å². The first kappa shape index (κ1) is 15.3. The highest BCUT2D eigenvalue weighted by Crippen LogP contribution is 2.26. The van der Waals surface area contributed by atoms with E-state index < -0.39 is 41.6 Å². The number of hydrogen-bond donors (Lipinski definition) is 0. The third-order valence-electron chi connectivity index (χ3n) is 2.17. The lowest BCUT2D eigenvalue weighted by molar-refractivity contribution is -0.146. The summed E-state index contributed by atoms with van der Waals surface area (Å²) in [5.74, 6) is -8.75. The Morgan fingerprint density at radius 1 is 1.16 bits per heavy atom. The van der Waals surface area contributed by atoms with Gasteiger partial charge in [-0.2, -0.15) is 8.78 Å². The van der Waals surface area contributed by atoms with Crippen LogP contribution in [0.2, 0.25) is 0 Å². The van der Waals surface area contributed by atoms with Gasteiger partial charge >= 0.3 is 5.97 Å². The van der Waals surface area contributed by atoms with Crippen LogP contribution >= 0.6 is 0 Å². The van der Waals surface area contributed by atoms with Crippen molar-refractivity contribution in [2.75, 3.05) is 13.2 Å². The highest BCUT2D eigenvalue weighted by Gasteiger charge is 2.21. The summed E-state index contributed by atoms with van der Waals surface area (Å²) in [4.78, 5) is 11.1. The van der Waals surface area contributed by atoms with Crippen molar-refractivity contribution in [3.8, 4) is 5.75 Å². The van der Waals surface area contributed by atoms with Crippen LogP contribution in [0.3, 0.4) is 0 Å². The molecule has 0 aliphatic rings. The number of hydrogen-bond acceptors (Lipinski definition) is 3. The van der Waals surface area contributed by atoms with Gasteiger partial charge in [-0.3, -0.25) is 0 Å². The summed E-state index contributed by atoms with van der Waals surface area (Å²) in [7, 11) is 0. The van der Waals surface area contributed by atoms with Gasteiger partial charge in [0.25, 0.3) is 0 Å². The molecule has 0 saturated heterocycles. The van der Waals surface area contributed by atoms with Crippen molar-refractivity contribution in [3.63, 3.8) is 0 Å². The largest absolute Gasteiger partial charge is 0.476 e. The molecule has 0 bridgehead atoms. The van der Waals surface area contributed by atoms with E-state index in [0.29, 0.717) is 6.42 Å². The molecule has 0 aliphatic carbocycles. The van der Waals surface area contributed by atoms with Crippen LogP contribution in [-0.4, -0.2) is 19.2 Å². The van der Waals surface area contributed by atoms with Crippen LogP contribution in [0.25, 0.3) is 0 Å². The summed E-state index contributed by atoms with van der Waals surface area (Å²) in [6.45, 7) is 1.19. The second kappa shape index (κ2) is 6.96. The summed E-state index contributed by atoms with van der Waals surface area (Å²) >= 11 is 0. The summed E-state index contributed by atoms with van der Waals surface area (Å²) in [6, 6.07) is 0.0527. The van der Waals surface area contributed by atoms with Gasteiger partial charge in [0, 0.05) is 6.07 Å². The molecule has 7 heteroatoms. The van der Waals surface area contributed by atoms with Gasteiger partial charge in [0.1, 0.15) is 0 Å². The fourth-order valence-electron chi connectivity index (χ4n) is 1.18. The van der Waals surface area contributed by atoms with Gasteiger partial charge in [0.05, 0.1) is 6.61 Å². The molecule has 0 saturated carbocycles. The summed E-state index contributed by atoms with van der Waals surface area (Å²) < 4.78 is 61.0. The number of ether oxygens (including phenoxy) is 2. The summed E-state index contributed by atoms with van der Waals surface area (Å²) in [5, 5.41) is 0. The Bertz CT molecular complexity index is 437. The van der Waals surface area contributed by atoms with E-state index in [-0.39, 0.29) is 12.7 Å². The van der Waals surface area contributed by atoms with Gasteiger partial charge in [-0.25, -0.2) is 13.6 Å². The Kier molecular flexibility index (Phi) is 5.59. The highest BCUT2D eigenvalue weighted by molar-refractivity contribution is 5.71. The second-order valence-corrected chi connectivity index (χ2v) is 3.66. The van der Waals surface area contributed by atoms with Gasteiger partial charge in [0.2, 0.25) is 11.6 Å². The maximum Gasteiger partial charge on any atom is 0.344 e. The number of benzene rings is 1. The smallest absolute Gasteiger partial charge is 0.344 e. The zero-order chi connectivity index (χ0) is 14.4. The van der Waals surface area contributed by atoms with Gasteiger partial charge in [0.15, 0.2) is 24.0 Å². The number of esters is 1. The van der Waals surface area contributed by atoms with E-state index in [0.717, 1.165) is 6.42 Å². The Hall–Kier alpha value is -1.79. The molecule has 0 unspecified atom stereocenters. The van der Waals surface area contributed by atoms with Crippen LogP contribution in [0, 0.1) is 23.3 Å². The maximum atomic E-state index is 13.1. The maximum absolute atomic E-state index is 13.1. The lowest BCUT2D eigenvalue weighted by atomic mass is 10.3. The predicted octanol–water partition coefficient (Wildman–Crippen LogP) is 2.97. The van der Waals surface area contributed by atoms with E-state index in [9.17, 15) is 22.4 Å². The van der Waals surface area contributed by atoms with Gasteiger partial charge in [-0.05, 0) is 6.42 Å². The fourth-order valence-corrected chi connectivity index (χ4v) is 1.18. The Morgan fingerprint density at radius 3 is 2.26 bits per heavy atom. The molecule has 0 heterocycles. The molecule has 0 amide bonds. The first-order chi connectivity index (χ1) is 8.97. The molecule has 0 aliphatic heterocycles. The van der Waals surface area contributed by atoms with Crippen LogP contribution in [0.4, 0.5) is 17.6 Å². The Balaban J connectivity index is 2.65. The third-order valence-corrected chi connectivity index (χ3v) is 2.17. The monoisotopic (exact) mass is 280 g/mol. The molecule has 1 aromatic rings. The van der Waals surface area contributed by atoms with Crippen molar-refractivity contribution in [2.45, 2.75) is 19.8 Å². The van der Waals surface area contributed by atoms with E-state index in [4.69, 9.17) is 0 Å². The average Bonchev–Trinajstić information content (AvgIpc) is 2.37. The standard InChI is InChI=1S/C12H12F4O3/c1-2-3-4-18-9(17)6-19-12-10(15)7(13)5-8(14)11(12)16/h5H,2-4,6H2,1H3. The quantitative estimate of drug-likeness (QED) is 0.348. The van der Waals surface area contributed by atoms with E-state index >= 15 is 0 Å². The molecule has 1 aromatic carbocycles. The summed E-state index contributed by atoms with van der Waals surface area (Å²) in [5.41, 5.74) is 0. The number of halogens is 4. The van der Waals surface area contributed by atoms with Crippen molar-refractivity contribution in [1.29, 1.82) is 0 Å². The number of carbonyl (C=O) groups is 1. The molecular weight excluding hydrogens is 268 g/mol. The fraction of sp³-hybridized carbons (Fsp3) is 0.417. The van der Waals surface area contributed by atoms with Crippen molar-refractivity contribution in [2.24, 2.45) is 0 Å². The molecule has 0 fully saturated rings. The molecule has 0 N–H and O–H groups in total. The minimum Gasteiger partial charge on any atom is -0.476 e. The molecule has 0 atom stereocenters. The molecular formula is C12H12F4O3. The van der Waals surface area contributed by atoms with E-state index in [1.807, 2.05) is 6.92 Å². The first-order valence-corrected chi connectivity index (χ1v) is 5.58. The Morgan fingerprint density at radius 2 is 1.74 bits per heavy atom. The van der Waals surface area contributed by atoms with Crippen LogP contribution in [0.5, 0.6) is 5.75 Å². The van der Waals surface area contributed by atoms with Gasteiger partial charge < -0.3 is 9.47 Å². The Labute approximate surface area is 107 Å². The van der Waals surface area contributed by atoms with Crippen molar-refractivity contribution in [1.82, 2.24) is 0 Å². The van der Waals surface area contributed by atoms with Crippen molar-refractivity contribution < 1.29 is 31.8 Å². The SMILES string of the molecule is CCCCOC(=O)COc1c(F)c(F)cc(F)c1F. The van der Waals surface area contributed by atoms with E-state index in [1.165, 1.54) is 0 Å². The first-order valence-electron chi connectivity index (χ1n) is 5.58. The lowest BCUT2D eigenvalue weighted by Gasteiger charge is -2.09. The molecule has 106 valence electrons. The molecule has 1 rings (SSSR count). The van der Waals surface area contributed by atoms with Crippen molar-refractivity contribution in [3.05, 3.63) is 29.3 Å². The zero-order valence-corrected chi connectivity index (χ0v) is 10.1. The molecule has 0 aromatic heterocycles. The minimum atomic E-state index is -1.69. The van der Waals surface area contributed by atoms with E-state index in [1.54, 1.807) is 0 Å². The predicted molar refractivity (Wildman–Crippen MR) is 57.6 cm³/mol. The van der Waals surface area contributed by atoms with Crippen LogP contribution in [0.15, 0.2) is 6.07 Å². The number of carbonyl (C=O) groups excluding carboxylic acids is 1. The van der Waals surface area contributed by atoms with Crippen LogP contribution in [-0.2, 0) is 9.53 Å². The van der Waals surface area contributed by atoms with Gasteiger partial charge in [-0.15, -0.1) is 0 Å². The van der Waals surface area contributed by atoms with Crippen LogP contribution < -0.4 is 4.74 Å². The zero-order valence-electron chi connectivity index (χ0n) is 10.1. The third kappa shape index (κ3) is 4.11. The molecule has 19 heavy (non-hydrogen) atoms. The molecule has 3 nitrogen and oxygen atoms in total. The minimum absolute atomic E-state index is 0.0527. The summed E-state index contributed by atoms with van der Waals surface area (Å²) in [6.07, 6.45) is 1.43. The normalized spacial score (nSPS) is 10.4. The lowest BCUT2D eigenvalue weighted by Crippen LogP contribution is -2.17. The number of unbranched alkanes of at least 4 members (excludes halogenated alkanes) is 1. The van der Waals surface area contributed by atoms with Crippen LogP contribution in [0.1, 0.15) is 19.8 Å². The van der Waals surface area contributed by atoms with Gasteiger partial charge in [-0.1, -0.05) is 13.3 Å². The second-order valence-electron chi connectivity index (χ2n) is 3.66. The average molecular weight is 280 g/mol.